The molecule has 2 fully saturated rings. The number of nitrogens with zero attached hydrogens (tertiary/aromatic N) is 2. The van der Waals surface area contributed by atoms with Gasteiger partial charge < -0.3 is 9.64 Å². The Labute approximate surface area is 152 Å². The van der Waals surface area contributed by atoms with Crippen molar-refractivity contribution in [2.24, 2.45) is 5.92 Å². The van der Waals surface area contributed by atoms with Gasteiger partial charge in [-0.05, 0) is 29.7 Å². The lowest BCUT2D eigenvalue weighted by Crippen LogP contribution is -2.45. The highest BCUT2D eigenvalue weighted by Crippen LogP contribution is 2.29. The van der Waals surface area contributed by atoms with Crippen molar-refractivity contribution in [3.8, 4) is 0 Å². The van der Waals surface area contributed by atoms with Gasteiger partial charge in [0.25, 0.3) is 0 Å². The minimum Gasteiger partial charge on any atom is -0.379 e. The maximum Gasteiger partial charge on any atom is 0.223 e. The lowest BCUT2D eigenvalue weighted by molar-refractivity contribution is -0.133. The number of hydrogen-bond donors (Lipinski definition) is 0. The van der Waals surface area contributed by atoms with Gasteiger partial charge in [-0.25, -0.2) is 0 Å². The summed E-state index contributed by atoms with van der Waals surface area (Å²) in [5.74, 6) is 1.03. The number of amides is 1. The highest BCUT2D eigenvalue weighted by Gasteiger charge is 2.29. The average Bonchev–Trinajstić information content (AvgIpc) is 2.63. The van der Waals surface area contributed by atoms with Crippen LogP contribution < -0.4 is 0 Å². The van der Waals surface area contributed by atoms with Gasteiger partial charge in [-0.2, -0.15) is 0 Å². The summed E-state index contributed by atoms with van der Waals surface area (Å²) in [7, 11) is 0. The van der Waals surface area contributed by atoms with Crippen LogP contribution >= 0.6 is 0 Å². The fourth-order valence-electron chi connectivity index (χ4n) is 4.00. The van der Waals surface area contributed by atoms with Gasteiger partial charge in [0.15, 0.2) is 0 Å². The number of likely N-dealkylation sites (tertiary alicyclic amines) is 1. The third-order valence-corrected chi connectivity index (χ3v) is 5.74. The van der Waals surface area contributed by atoms with Crippen LogP contribution in [0.3, 0.4) is 0 Å². The van der Waals surface area contributed by atoms with E-state index in [4.69, 9.17) is 4.74 Å². The van der Waals surface area contributed by atoms with E-state index in [0.717, 1.165) is 58.2 Å². The second-order valence-corrected chi connectivity index (χ2v) is 8.16. The molecule has 2 heterocycles. The quantitative estimate of drug-likeness (QED) is 0.823. The second kappa shape index (κ2) is 8.33. The molecule has 25 heavy (non-hydrogen) atoms. The van der Waals surface area contributed by atoms with Crippen molar-refractivity contribution >= 4 is 5.91 Å². The largest absolute Gasteiger partial charge is 0.379 e. The Morgan fingerprint density at radius 1 is 1.08 bits per heavy atom. The number of benzene rings is 1. The number of hydrogen-bond acceptors (Lipinski definition) is 3. The maximum atomic E-state index is 12.8. The molecule has 0 aromatic heterocycles. The molecule has 1 amide bonds. The lowest BCUT2D eigenvalue weighted by atomic mass is 9.81. The number of morpholine rings is 1. The molecule has 0 spiro atoms. The van der Waals surface area contributed by atoms with Crippen LogP contribution in [-0.4, -0.2) is 61.6 Å². The molecule has 0 N–H and O–H groups in total. The highest BCUT2D eigenvalue weighted by atomic mass is 16.5. The summed E-state index contributed by atoms with van der Waals surface area (Å²) in [6.45, 7) is 11.2. The van der Waals surface area contributed by atoms with Crippen LogP contribution in [0.5, 0.6) is 0 Å². The SMILES string of the molecule is CC(C)(CC(=O)N1CCC(CN2CCOCC2)CC1)c1ccccc1. The van der Waals surface area contributed by atoms with Crippen molar-refractivity contribution in [2.75, 3.05) is 45.9 Å². The molecule has 0 aliphatic carbocycles. The Balaban J connectivity index is 1.46. The molecular weight excluding hydrogens is 312 g/mol. The minimum absolute atomic E-state index is 0.108. The van der Waals surface area contributed by atoms with Gasteiger partial charge in [-0.1, -0.05) is 44.2 Å². The predicted molar refractivity (Wildman–Crippen MR) is 101 cm³/mol. The number of ether oxygens (including phenoxy) is 1. The standard InChI is InChI=1S/C21H32N2O2/c1-21(2,19-6-4-3-5-7-19)16-20(24)23-10-8-18(9-11-23)17-22-12-14-25-15-13-22/h3-7,18H,8-17H2,1-2H3. The molecule has 2 saturated heterocycles. The molecule has 1 aromatic rings. The van der Waals surface area contributed by atoms with E-state index in [-0.39, 0.29) is 5.41 Å². The molecule has 1 aromatic carbocycles. The summed E-state index contributed by atoms with van der Waals surface area (Å²) in [5.41, 5.74) is 1.13. The summed E-state index contributed by atoms with van der Waals surface area (Å²) < 4.78 is 5.43. The third kappa shape index (κ3) is 5.05. The van der Waals surface area contributed by atoms with E-state index < -0.39 is 0 Å². The van der Waals surface area contributed by atoms with Gasteiger partial charge in [0.2, 0.25) is 5.91 Å². The molecule has 2 aliphatic heterocycles. The first-order valence-corrected chi connectivity index (χ1v) is 9.68. The van der Waals surface area contributed by atoms with E-state index in [1.165, 1.54) is 12.1 Å². The van der Waals surface area contributed by atoms with Crippen molar-refractivity contribution in [1.82, 2.24) is 9.80 Å². The molecule has 4 heteroatoms. The number of carbonyl (C=O) groups is 1. The summed E-state index contributed by atoms with van der Waals surface area (Å²) in [5, 5.41) is 0. The van der Waals surface area contributed by atoms with Crippen molar-refractivity contribution in [2.45, 2.75) is 38.5 Å². The normalized spacial score (nSPS) is 20.6. The third-order valence-electron chi connectivity index (χ3n) is 5.74. The minimum atomic E-state index is -0.108. The summed E-state index contributed by atoms with van der Waals surface area (Å²) in [6.07, 6.45) is 2.86. The highest BCUT2D eigenvalue weighted by molar-refractivity contribution is 5.77. The van der Waals surface area contributed by atoms with E-state index in [0.29, 0.717) is 12.3 Å². The summed E-state index contributed by atoms with van der Waals surface area (Å²) >= 11 is 0. The van der Waals surface area contributed by atoms with Crippen molar-refractivity contribution in [1.29, 1.82) is 0 Å². The Bertz CT molecular complexity index is 544. The Kier molecular flexibility index (Phi) is 6.13. The van der Waals surface area contributed by atoms with E-state index in [2.05, 4.69) is 47.9 Å². The lowest BCUT2D eigenvalue weighted by Gasteiger charge is -2.37. The van der Waals surface area contributed by atoms with Crippen LogP contribution in [-0.2, 0) is 14.9 Å². The van der Waals surface area contributed by atoms with Crippen LogP contribution in [0, 0.1) is 5.92 Å². The van der Waals surface area contributed by atoms with Gasteiger partial charge in [0, 0.05) is 39.1 Å². The van der Waals surface area contributed by atoms with E-state index in [1.54, 1.807) is 0 Å². The Morgan fingerprint density at radius 3 is 2.36 bits per heavy atom. The van der Waals surface area contributed by atoms with E-state index >= 15 is 0 Å². The van der Waals surface area contributed by atoms with Gasteiger partial charge in [-0.3, -0.25) is 9.69 Å². The summed E-state index contributed by atoms with van der Waals surface area (Å²) in [4.78, 5) is 17.4. The maximum absolute atomic E-state index is 12.8. The second-order valence-electron chi connectivity index (χ2n) is 8.16. The number of rotatable bonds is 5. The number of piperidine rings is 1. The van der Waals surface area contributed by atoms with E-state index in [9.17, 15) is 4.79 Å². The monoisotopic (exact) mass is 344 g/mol. The zero-order chi connectivity index (χ0) is 17.7. The Hall–Kier alpha value is -1.39. The predicted octanol–water partition coefficient (Wildman–Crippen LogP) is 2.93. The molecule has 0 atom stereocenters. The molecule has 138 valence electrons. The first-order valence-electron chi connectivity index (χ1n) is 9.68. The molecule has 0 bridgehead atoms. The number of carbonyl (C=O) groups excluding carboxylic acids is 1. The molecule has 0 radical (unpaired) electrons. The van der Waals surface area contributed by atoms with Crippen LogP contribution in [0.15, 0.2) is 30.3 Å². The van der Waals surface area contributed by atoms with Gasteiger partial charge in [-0.15, -0.1) is 0 Å². The fraction of sp³-hybridized carbons (Fsp3) is 0.667. The smallest absolute Gasteiger partial charge is 0.223 e. The topological polar surface area (TPSA) is 32.8 Å². The molecule has 2 aliphatic rings. The zero-order valence-electron chi connectivity index (χ0n) is 15.7. The van der Waals surface area contributed by atoms with Crippen molar-refractivity contribution in [3.63, 3.8) is 0 Å². The Morgan fingerprint density at radius 2 is 1.72 bits per heavy atom. The fourth-order valence-corrected chi connectivity index (χ4v) is 4.00. The molecule has 0 saturated carbocycles. The van der Waals surface area contributed by atoms with Crippen LogP contribution in [0.2, 0.25) is 0 Å². The van der Waals surface area contributed by atoms with Gasteiger partial charge in [0.05, 0.1) is 13.2 Å². The van der Waals surface area contributed by atoms with Crippen molar-refractivity contribution < 1.29 is 9.53 Å². The van der Waals surface area contributed by atoms with Gasteiger partial charge in [0.1, 0.15) is 0 Å². The molecule has 3 rings (SSSR count). The molecular formula is C21H32N2O2. The molecule has 0 unspecified atom stereocenters. The van der Waals surface area contributed by atoms with Crippen LogP contribution in [0.1, 0.15) is 38.7 Å². The average molecular weight is 344 g/mol. The molecule has 4 nitrogen and oxygen atoms in total. The van der Waals surface area contributed by atoms with Crippen LogP contribution in [0.25, 0.3) is 0 Å². The first kappa shape index (κ1) is 18.4. The van der Waals surface area contributed by atoms with Gasteiger partial charge >= 0.3 is 0 Å². The summed E-state index contributed by atoms with van der Waals surface area (Å²) in [6, 6.07) is 10.4. The zero-order valence-corrected chi connectivity index (χ0v) is 15.7. The van der Waals surface area contributed by atoms with Crippen molar-refractivity contribution in [3.05, 3.63) is 35.9 Å². The first-order chi connectivity index (χ1) is 12.0. The van der Waals surface area contributed by atoms with Crippen LogP contribution in [0.4, 0.5) is 0 Å². The van der Waals surface area contributed by atoms with E-state index in [1.807, 2.05) is 6.07 Å².